The van der Waals surface area contributed by atoms with E-state index in [9.17, 15) is 0 Å². The van der Waals surface area contributed by atoms with Crippen molar-refractivity contribution in [3.8, 4) is 5.75 Å². The predicted octanol–water partition coefficient (Wildman–Crippen LogP) is 3.26. The minimum atomic E-state index is -0.296. The molecule has 0 radical (unpaired) electrons. The predicted molar refractivity (Wildman–Crippen MR) is 71.9 cm³/mol. The van der Waals surface area contributed by atoms with Gasteiger partial charge in [-0.15, -0.1) is 0 Å². The Morgan fingerprint density at radius 3 is 2.44 bits per heavy atom. The third-order valence-corrected chi connectivity index (χ3v) is 3.21. The van der Waals surface area contributed by atoms with Gasteiger partial charge in [-0.05, 0) is 49.6 Å². The maximum Gasteiger partial charge on any atom is 0.128 e. The fraction of sp³-hybridized carbons (Fsp3) is 0.333. The molecule has 18 heavy (non-hydrogen) atoms. The highest BCUT2D eigenvalue weighted by atomic mass is 16.5. The van der Waals surface area contributed by atoms with Crippen LogP contribution >= 0.6 is 0 Å². The van der Waals surface area contributed by atoms with Gasteiger partial charge in [0.15, 0.2) is 0 Å². The van der Waals surface area contributed by atoms with Crippen LogP contribution in [0, 0.1) is 20.8 Å². The number of hydrogen-bond donors (Lipinski definition) is 1. The van der Waals surface area contributed by atoms with Gasteiger partial charge in [-0.2, -0.15) is 0 Å². The topological polar surface area (TPSA) is 48.4 Å². The molecular weight excluding hydrogens is 226 g/mol. The molecule has 1 unspecified atom stereocenters. The molecule has 0 bridgehead atoms. The summed E-state index contributed by atoms with van der Waals surface area (Å²) in [6.45, 7) is 6.08. The summed E-state index contributed by atoms with van der Waals surface area (Å²) in [5.41, 5.74) is 10.6. The molecule has 1 heterocycles. The van der Waals surface area contributed by atoms with Gasteiger partial charge in [0.25, 0.3) is 0 Å². The first-order chi connectivity index (χ1) is 8.54. The third kappa shape index (κ3) is 2.14. The Hall–Kier alpha value is -1.74. The number of methoxy groups -OCH3 is 1. The van der Waals surface area contributed by atoms with Crippen LogP contribution in [0.1, 0.15) is 34.1 Å². The minimum absolute atomic E-state index is 0.296. The highest BCUT2D eigenvalue weighted by Gasteiger charge is 2.21. The molecule has 96 valence electrons. The molecule has 3 heteroatoms. The summed E-state index contributed by atoms with van der Waals surface area (Å²) >= 11 is 0. The first-order valence-electron chi connectivity index (χ1n) is 5.99. The minimum Gasteiger partial charge on any atom is -0.496 e. The van der Waals surface area contributed by atoms with Crippen molar-refractivity contribution >= 4 is 0 Å². The van der Waals surface area contributed by atoms with E-state index < -0.39 is 0 Å². The van der Waals surface area contributed by atoms with Crippen LogP contribution in [0.25, 0.3) is 0 Å². The average Bonchev–Trinajstić information content (AvgIpc) is 2.73. The van der Waals surface area contributed by atoms with Crippen LogP contribution in [0.5, 0.6) is 5.75 Å². The second-order valence-corrected chi connectivity index (χ2v) is 4.64. The summed E-state index contributed by atoms with van der Waals surface area (Å²) in [7, 11) is 1.67. The molecule has 0 amide bonds. The lowest BCUT2D eigenvalue weighted by Gasteiger charge is -2.18. The van der Waals surface area contributed by atoms with Gasteiger partial charge in [0.05, 0.1) is 19.4 Å². The Bertz CT molecular complexity index is 558. The van der Waals surface area contributed by atoms with E-state index in [1.54, 1.807) is 13.4 Å². The molecule has 0 aliphatic rings. The average molecular weight is 245 g/mol. The summed E-state index contributed by atoms with van der Waals surface area (Å²) in [5.74, 6) is 1.61. The van der Waals surface area contributed by atoms with Crippen molar-refractivity contribution in [2.24, 2.45) is 5.73 Å². The Balaban J connectivity index is 2.54. The molecule has 2 N–H and O–H groups in total. The quantitative estimate of drug-likeness (QED) is 0.902. The fourth-order valence-electron chi connectivity index (χ4n) is 2.34. The first kappa shape index (κ1) is 12.7. The number of benzene rings is 1. The highest BCUT2D eigenvalue weighted by molar-refractivity contribution is 5.47. The molecular formula is C15H19NO2. The molecule has 1 aromatic carbocycles. The normalized spacial score (nSPS) is 12.5. The van der Waals surface area contributed by atoms with Gasteiger partial charge in [0.1, 0.15) is 11.5 Å². The van der Waals surface area contributed by atoms with Crippen LogP contribution in [0.4, 0.5) is 0 Å². The summed E-state index contributed by atoms with van der Waals surface area (Å²) in [5, 5.41) is 0. The molecule has 0 saturated heterocycles. The zero-order chi connectivity index (χ0) is 13.3. The third-order valence-electron chi connectivity index (χ3n) is 3.21. The molecule has 1 aromatic heterocycles. The summed E-state index contributed by atoms with van der Waals surface area (Å²) < 4.78 is 10.9. The SMILES string of the molecule is COc1cc(C)cc(C)c1C(N)c1occc1C. The lowest BCUT2D eigenvalue weighted by atomic mass is 9.95. The van der Waals surface area contributed by atoms with Crippen LogP contribution in [0.2, 0.25) is 0 Å². The van der Waals surface area contributed by atoms with Gasteiger partial charge in [-0.25, -0.2) is 0 Å². The van der Waals surface area contributed by atoms with Crippen LogP contribution in [-0.2, 0) is 0 Å². The van der Waals surface area contributed by atoms with Gasteiger partial charge >= 0.3 is 0 Å². The lowest BCUT2D eigenvalue weighted by Crippen LogP contribution is -2.15. The Labute approximate surface area is 108 Å². The van der Waals surface area contributed by atoms with E-state index in [1.807, 2.05) is 32.9 Å². The van der Waals surface area contributed by atoms with Crippen molar-refractivity contribution in [3.63, 3.8) is 0 Å². The maximum atomic E-state index is 6.32. The molecule has 1 atom stereocenters. The summed E-state index contributed by atoms with van der Waals surface area (Å²) in [6, 6.07) is 5.73. The van der Waals surface area contributed by atoms with E-state index >= 15 is 0 Å². The molecule has 0 spiro atoms. The number of nitrogens with two attached hydrogens (primary N) is 1. The fourth-order valence-corrected chi connectivity index (χ4v) is 2.34. The second kappa shape index (κ2) is 4.86. The number of rotatable bonds is 3. The molecule has 0 saturated carbocycles. The highest BCUT2D eigenvalue weighted by Crippen LogP contribution is 2.33. The van der Waals surface area contributed by atoms with Crippen molar-refractivity contribution in [2.75, 3.05) is 7.11 Å². The van der Waals surface area contributed by atoms with E-state index in [2.05, 4.69) is 6.07 Å². The second-order valence-electron chi connectivity index (χ2n) is 4.64. The van der Waals surface area contributed by atoms with E-state index in [0.29, 0.717) is 0 Å². The standard InChI is InChI=1S/C15H19NO2/c1-9-7-11(3)13(12(8-9)17-4)14(16)15-10(2)5-6-18-15/h5-8,14H,16H2,1-4H3. The largest absolute Gasteiger partial charge is 0.496 e. The van der Waals surface area contributed by atoms with Gasteiger partial charge in [0.2, 0.25) is 0 Å². The van der Waals surface area contributed by atoms with Crippen molar-refractivity contribution in [2.45, 2.75) is 26.8 Å². The van der Waals surface area contributed by atoms with Crippen LogP contribution in [0.15, 0.2) is 28.9 Å². The molecule has 2 rings (SSSR count). The number of furan rings is 1. The van der Waals surface area contributed by atoms with Crippen molar-refractivity contribution < 1.29 is 9.15 Å². The van der Waals surface area contributed by atoms with Crippen LogP contribution < -0.4 is 10.5 Å². The summed E-state index contributed by atoms with van der Waals surface area (Å²) in [4.78, 5) is 0. The summed E-state index contributed by atoms with van der Waals surface area (Å²) in [6.07, 6.45) is 1.67. The lowest BCUT2D eigenvalue weighted by molar-refractivity contribution is 0.401. The van der Waals surface area contributed by atoms with Crippen molar-refractivity contribution in [1.82, 2.24) is 0 Å². The van der Waals surface area contributed by atoms with Crippen molar-refractivity contribution in [3.05, 3.63) is 52.5 Å². The van der Waals surface area contributed by atoms with Gasteiger partial charge in [0, 0.05) is 5.56 Å². The molecule has 0 fully saturated rings. The zero-order valence-corrected chi connectivity index (χ0v) is 11.3. The van der Waals surface area contributed by atoms with Gasteiger partial charge in [-0.3, -0.25) is 0 Å². The molecule has 0 aliphatic carbocycles. The Morgan fingerprint density at radius 2 is 1.89 bits per heavy atom. The van der Waals surface area contributed by atoms with Gasteiger partial charge < -0.3 is 14.9 Å². The monoisotopic (exact) mass is 245 g/mol. The smallest absolute Gasteiger partial charge is 0.128 e. The first-order valence-corrected chi connectivity index (χ1v) is 5.99. The van der Waals surface area contributed by atoms with Crippen molar-refractivity contribution in [1.29, 1.82) is 0 Å². The Morgan fingerprint density at radius 1 is 1.17 bits per heavy atom. The van der Waals surface area contributed by atoms with Crippen LogP contribution in [0.3, 0.4) is 0 Å². The Kier molecular flexibility index (Phi) is 3.43. The molecule has 2 aromatic rings. The van der Waals surface area contributed by atoms with Gasteiger partial charge in [-0.1, -0.05) is 6.07 Å². The number of ether oxygens (including phenoxy) is 1. The van der Waals surface area contributed by atoms with E-state index in [4.69, 9.17) is 14.9 Å². The van der Waals surface area contributed by atoms with E-state index in [-0.39, 0.29) is 6.04 Å². The zero-order valence-electron chi connectivity index (χ0n) is 11.3. The molecule has 3 nitrogen and oxygen atoms in total. The number of aryl methyl sites for hydroxylation is 3. The van der Waals surface area contributed by atoms with E-state index in [1.165, 1.54) is 0 Å². The molecule has 0 aliphatic heterocycles. The van der Waals surface area contributed by atoms with Crippen LogP contribution in [-0.4, -0.2) is 7.11 Å². The van der Waals surface area contributed by atoms with E-state index in [0.717, 1.165) is 33.8 Å². The number of hydrogen-bond acceptors (Lipinski definition) is 3. The maximum absolute atomic E-state index is 6.32.